The maximum Gasteiger partial charge on any atom is 0.243 e. The Balaban J connectivity index is 1.65. The van der Waals surface area contributed by atoms with E-state index in [4.69, 9.17) is 0 Å². The lowest BCUT2D eigenvalue weighted by molar-refractivity contribution is -0.124. The Morgan fingerprint density at radius 1 is 0.920 bits per heavy atom. The van der Waals surface area contributed by atoms with Crippen molar-refractivity contribution in [2.75, 3.05) is 17.6 Å². The highest BCUT2D eigenvalue weighted by molar-refractivity contribution is 7.99. The van der Waals surface area contributed by atoms with E-state index in [1.807, 2.05) is 50.2 Å². The van der Waals surface area contributed by atoms with Crippen LogP contribution in [0.25, 0.3) is 0 Å². The number of carbonyl (C=O) groups is 2. The molecule has 0 atom stereocenters. The van der Waals surface area contributed by atoms with Crippen molar-refractivity contribution in [1.29, 1.82) is 0 Å². The maximum absolute atomic E-state index is 12.0. The number of hydrogen-bond acceptors (Lipinski definition) is 3. The fourth-order valence-electron chi connectivity index (χ4n) is 2.40. The van der Waals surface area contributed by atoms with E-state index in [0.717, 1.165) is 29.0 Å². The highest BCUT2D eigenvalue weighted by Gasteiger charge is 2.09. The molecule has 2 amide bonds. The van der Waals surface area contributed by atoms with Crippen molar-refractivity contribution in [2.45, 2.75) is 31.6 Å². The van der Waals surface area contributed by atoms with Gasteiger partial charge in [-0.25, -0.2) is 0 Å². The Labute approximate surface area is 153 Å². The van der Waals surface area contributed by atoms with Crippen LogP contribution in [0, 0.1) is 13.8 Å². The Kier molecular flexibility index (Phi) is 7.54. The second-order valence-corrected chi connectivity index (χ2v) is 7.03. The van der Waals surface area contributed by atoms with Crippen LogP contribution in [0.3, 0.4) is 0 Å². The molecule has 0 saturated carbocycles. The number of anilines is 1. The number of nitrogens with one attached hydrogen (secondary N) is 2. The van der Waals surface area contributed by atoms with Gasteiger partial charge in [-0.1, -0.05) is 36.4 Å². The van der Waals surface area contributed by atoms with Crippen molar-refractivity contribution >= 4 is 29.3 Å². The van der Waals surface area contributed by atoms with Gasteiger partial charge in [0.25, 0.3) is 0 Å². The SMILES string of the molecule is Cc1cccc(C)c1NC(=O)CNC(=O)CCCSc1ccccc1. The maximum atomic E-state index is 12.0. The first-order chi connectivity index (χ1) is 12.1. The molecule has 4 nitrogen and oxygen atoms in total. The molecule has 2 aromatic rings. The van der Waals surface area contributed by atoms with Crippen molar-refractivity contribution < 1.29 is 9.59 Å². The number of aryl methyl sites for hydroxylation is 2. The van der Waals surface area contributed by atoms with Gasteiger partial charge in [-0.2, -0.15) is 0 Å². The van der Waals surface area contributed by atoms with Crippen LogP contribution in [-0.4, -0.2) is 24.1 Å². The van der Waals surface area contributed by atoms with Crippen LogP contribution in [-0.2, 0) is 9.59 Å². The van der Waals surface area contributed by atoms with Gasteiger partial charge in [-0.3, -0.25) is 9.59 Å². The van der Waals surface area contributed by atoms with Gasteiger partial charge in [0.15, 0.2) is 0 Å². The van der Waals surface area contributed by atoms with E-state index in [1.54, 1.807) is 11.8 Å². The van der Waals surface area contributed by atoms with Crippen molar-refractivity contribution in [3.8, 4) is 0 Å². The topological polar surface area (TPSA) is 58.2 Å². The Bertz CT molecular complexity index is 697. The lowest BCUT2D eigenvalue weighted by Crippen LogP contribution is -2.33. The van der Waals surface area contributed by atoms with Crippen LogP contribution in [0.5, 0.6) is 0 Å². The Hall–Kier alpha value is -2.27. The predicted octanol–water partition coefficient (Wildman–Crippen LogP) is 3.93. The first kappa shape index (κ1) is 19.1. The highest BCUT2D eigenvalue weighted by Crippen LogP contribution is 2.19. The lowest BCUT2D eigenvalue weighted by atomic mass is 10.1. The minimum absolute atomic E-state index is 0.00155. The predicted molar refractivity (Wildman–Crippen MR) is 104 cm³/mol. The third-order valence-corrected chi connectivity index (χ3v) is 4.85. The van der Waals surface area contributed by atoms with Crippen LogP contribution in [0.2, 0.25) is 0 Å². The fourth-order valence-corrected chi connectivity index (χ4v) is 3.28. The van der Waals surface area contributed by atoms with Gasteiger partial charge in [0.2, 0.25) is 11.8 Å². The molecule has 132 valence electrons. The van der Waals surface area contributed by atoms with E-state index in [-0.39, 0.29) is 18.4 Å². The van der Waals surface area contributed by atoms with Crippen LogP contribution < -0.4 is 10.6 Å². The zero-order valence-electron chi connectivity index (χ0n) is 14.7. The van der Waals surface area contributed by atoms with E-state index in [1.165, 1.54) is 4.90 Å². The van der Waals surface area contributed by atoms with Gasteiger partial charge in [0.05, 0.1) is 6.54 Å². The highest BCUT2D eigenvalue weighted by atomic mass is 32.2. The number of benzene rings is 2. The van der Waals surface area contributed by atoms with Crippen LogP contribution in [0.15, 0.2) is 53.4 Å². The normalized spacial score (nSPS) is 10.3. The molecule has 0 aliphatic rings. The molecule has 0 aromatic heterocycles. The summed E-state index contributed by atoms with van der Waals surface area (Å²) in [5.41, 5.74) is 2.84. The number of thioether (sulfide) groups is 1. The molecule has 0 aliphatic carbocycles. The first-order valence-electron chi connectivity index (χ1n) is 8.37. The molecule has 0 unspecified atom stereocenters. The van der Waals surface area contributed by atoms with Crippen LogP contribution in [0.4, 0.5) is 5.69 Å². The van der Waals surface area contributed by atoms with Gasteiger partial charge < -0.3 is 10.6 Å². The Morgan fingerprint density at radius 3 is 2.28 bits per heavy atom. The number of hydrogen-bond donors (Lipinski definition) is 2. The molecule has 0 heterocycles. The summed E-state index contributed by atoms with van der Waals surface area (Å²) in [6, 6.07) is 16.0. The fraction of sp³-hybridized carbons (Fsp3) is 0.300. The summed E-state index contributed by atoms with van der Waals surface area (Å²) in [5.74, 6) is 0.584. The van der Waals surface area contributed by atoms with Crippen molar-refractivity contribution in [1.82, 2.24) is 5.32 Å². The zero-order valence-corrected chi connectivity index (χ0v) is 15.5. The van der Waals surface area contributed by atoms with Crippen LogP contribution in [0.1, 0.15) is 24.0 Å². The number of rotatable bonds is 8. The molecule has 25 heavy (non-hydrogen) atoms. The van der Waals surface area contributed by atoms with E-state index in [0.29, 0.717) is 6.42 Å². The molecule has 5 heteroatoms. The molecular weight excluding hydrogens is 332 g/mol. The van der Waals surface area contributed by atoms with Gasteiger partial charge >= 0.3 is 0 Å². The quantitative estimate of drug-likeness (QED) is 0.556. The second-order valence-electron chi connectivity index (χ2n) is 5.86. The van der Waals surface area contributed by atoms with Crippen molar-refractivity contribution in [3.05, 3.63) is 59.7 Å². The standard InChI is InChI=1S/C20H24N2O2S/c1-15-8-6-9-16(2)20(15)22-19(24)14-21-18(23)12-7-13-25-17-10-4-3-5-11-17/h3-6,8-11H,7,12-14H2,1-2H3,(H,21,23)(H,22,24). The largest absolute Gasteiger partial charge is 0.347 e. The molecular formula is C20H24N2O2S. The average molecular weight is 356 g/mol. The summed E-state index contributed by atoms with van der Waals surface area (Å²) in [5, 5.41) is 5.54. The molecule has 0 saturated heterocycles. The molecule has 0 fully saturated rings. The zero-order chi connectivity index (χ0) is 18.1. The summed E-state index contributed by atoms with van der Waals surface area (Å²) in [6.45, 7) is 3.90. The summed E-state index contributed by atoms with van der Waals surface area (Å²) in [7, 11) is 0. The number of para-hydroxylation sites is 1. The number of carbonyl (C=O) groups excluding carboxylic acids is 2. The minimum atomic E-state index is -0.204. The molecule has 0 aliphatic heterocycles. The van der Waals surface area contributed by atoms with Crippen LogP contribution >= 0.6 is 11.8 Å². The van der Waals surface area contributed by atoms with Gasteiger partial charge in [0, 0.05) is 17.0 Å². The average Bonchev–Trinajstić information content (AvgIpc) is 2.61. The molecule has 2 rings (SSSR count). The monoisotopic (exact) mass is 356 g/mol. The minimum Gasteiger partial charge on any atom is -0.347 e. The molecule has 2 N–H and O–H groups in total. The summed E-state index contributed by atoms with van der Waals surface area (Å²) in [4.78, 5) is 25.1. The van der Waals surface area contributed by atoms with Gasteiger partial charge in [-0.15, -0.1) is 11.8 Å². The number of amides is 2. The molecule has 0 bridgehead atoms. The van der Waals surface area contributed by atoms with Gasteiger partial charge in [-0.05, 0) is 49.3 Å². The molecule has 2 aromatic carbocycles. The van der Waals surface area contributed by atoms with Crippen molar-refractivity contribution in [2.24, 2.45) is 0 Å². The summed E-state index contributed by atoms with van der Waals surface area (Å²) >= 11 is 1.73. The summed E-state index contributed by atoms with van der Waals surface area (Å²) in [6.07, 6.45) is 1.21. The van der Waals surface area contributed by atoms with E-state index < -0.39 is 0 Å². The van der Waals surface area contributed by atoms with Gasteiger partial charge in [0.1, 0.15) is 0 Å². The third kappa shape index (κ3) is 6.63. The Morgan fingerprint density at radius 2 is 1.60 bits per heavy atom. The van der Waals surface area contributed by atoms with Crippen molar-refractivity contribution in [3.63, 3.8) is 0 Å². The first-order valence-corrected chi connectivity index (χ1v) is 9.35. The summed E-state index contributed by atoms with van der Waals surface area (Å²) < 4.78 is 0. The van der Waals surface area contributed by atoms with E-state index in [9.17, 15) is 9.59 Å². The second kappa shape index (κ2) is 9.89. The smallest absolute Gasteiger partial charge is 0.243 e. The lowest BCUT2D eigenvalue weighted by Gasteiger charge is -2.12. The molecule has 0 spiro atoms. The third-order valence-electron chi connectivity index (χ3n) is 3.75. The van der Waals surface area contributed by atoms with E-state index >= 15 is 0 Å². The van der Waals surface area contributed by atoms with E-state index in [2.05, 4.69) is 22.8 Å². The molecule has 0 radical (unpaired) electrons.